The lowest BCUT2D eigenvalue weighted by atomic mass is 10.1. The number of carbonyl (C=O) groups is 1. The second-order valence-electron chi connectivity index (χ2n) is 8.13. The lowest BCUT2D eigenvalue weighted by molar-refractivity contribution is -0.105. The van der Waals surface area contributed by atoms with Gasteiger partial charge in [0.05, 0.1) is 17.6 Å². The van der Waals surface area contributed by atoms with E-state index in [0.717, 1.165) is 58.5 Å². The van der Waals surface area contributed by atoms with E-state index < -0.39 is 11.0 Å². The number of fused-ring (bicyclic) bond motifs is 1. The molecule has 1 fully saturated rings. The Labute approximate surface area is 191 Å². The number of carbonyl (C=O) groups excluding carboxylic acids is 1. The monoisotopic (exact) mass is 451 g/mol. The summed E-state index contributed by atoms with van der Waals surface area (Å²) in [6.45, 7) is 1.88. The Bertz CT molecular complexity index is 1110. The van der Waals surface area contributed by atoms with Crippen LogP contribution in [0.5, 0.6) is 0 Å². The number of benzene rings is 3. The van der Waals surface area contributed by atoms with Crippen LogP contribution in [0.1, 0.15) is 18.4 Å². The molecule has 3 aromatic carbocycles. The van der Waals surface area contributed by atoms with Gasteiger partial charge in [-0.15, -0.1) is 0 Å². The molecule has 7 heteroatoms. The van der Waals surface area contributed by atoms with Crippen molar-refractivity contribution in [3.05, 3.63) is 66.2 Å². The molecule has 1 amide bonds. The molecule has 0 radical (unpaired) electrons. The van der Waals surface area contributed by atoms with E-state index in [1.165, 1.54) is 0 Å². The lowest BCUT2D eigenvalue weighted by Gasteiger charge is -2.31. The number of nitrogens with one attached hydrogen (secondary N) is 1. The average molecular weight is 452 g/mol. The van der Waals surface area contributed by atoms with E-state index in [0.29, 0.717) is 13.0 Å². The molecule has 168 valence electrons. The normalized spacial score (nSPS) is 16.1. The molecule has 1 N–H and O–H groups in total. The van der Waals surface area contributed by atoms with Crippen LogP contribution < -0.4 is 10.2 Å². The van der Waals surface area contributed by atoms with Gasteiger partial charge in [-0.3, -0.25) is 4.79 Å². The lowest BCUT2D eigenvalue weighted by Crippen LogP contribution is -2.38. The molecule has 1 atom stereocenters. The highest BCUT2D eigenvalue weighted by Crippen LogP contribution is 2.31. The van der Waals surface area contributed by atoms with E-state index in [9.17, 15) is 9.00 Å². The fourth-order valence-corrected chi connectivity index (χ4v) is 5.55. The number of para-hydroxylation sites is 1. The summed E-state index contributed by atoms with van der Waals surface area (Å²) in [6.07, 6.45) is 2.44. The van der Waals surface area contributed by atoms with Crippen molar-refractivity contribution in [2.24, 2.45) is 0 Å². The van der Waals surface area contributed by atoms with Gasteiger partial charge >= 0.3 is 0 Å². The summed E-state index contributed by atoms with van der Waals surface area (Å²) in [5.41, 5.74) is 2.85. The minimum absolute atomic E-state index is 0.111. The van der Waals surface area contributed by atoms with E-state index in [1.54, 1.807) is 0 Å². The van der Waals surface area contributed by atoms with E-state index >= 15 is 0 Å². The molecule has 0 bridgehead atoms. The second kappa shape index (κ2) is 10.3. The van der Waals surface area contributed by atoms with Crippen molar-refractivity contribution < 1.29 is 13.7 Å². The van der Waals surface area contributed by atoms with Crippen LogP contribution >= 0.6 is 0 Å². The van der Waals surface area contributed by atoms with Crippen LogP contribution in [0.2, 0.25) is 0 Å². The summed E-state index contributed by atoms with van der Waals surface area (Å²) >= 11 is 0. The van der Waals surface area contributed by atoms with Gasteiger partial charge in [0.15, 0.2) is 0 Å². The zero-order chi connectivity index (χ0) is 22.5. The van der Waals surface area contributed by atoms with Crippen LogP contribution in [0, 0.1) is 0 Å². The first-order valence-electron chi connectivity index (χ1n) is 10.8. The predicted octanol–water partition coefficient (Wildman–Crippen LogP) is 4.18. The van der Waals surface area contributed by atoms with Crippen molar-refractivity contribution in [2.75, 3.05) is 37.4 Å². The molecular weight excluding hydrogens is 422 g/mol. The molecule has 1 saturated heterocycles. The van der Waals surface area contributed by atoms with Crippen molar-refractivity contribution in [3.8, 4) is 0 Å². The number of anilines is 2. The van der Waals surface area contributed by atoms with Crippen molar-refractivity contribution in [2.45, 2.75) is 30.4 Å². The fourth-order valence-electron chi connectivity index (χ4n) is 4.17. The van der Waals surface area contributed by atoms with Crippen LogP contribution in [0.15, 0.2) is 65.6 Å². The van der Waals surface area contributed by atoms with Crippen LogP contribution in [0.25, 0.3) is 10.8 Å². The SMILES string of the molecule is CN(C)c1cccc2c(S(=O)N3CCC(OCc4ccccc4NC=O)CC3)cccc12. The van der Waals surface area contributed by atoms with Gasteiger partial charge in [0, 0.05) is 54.9 Å². The van der Waals surface area contributed by atoms with Gasteiger partial charge in [0.1, 0.15) is 11.0 Å². The molecular formula is C25H29N3O3S. The van der Waals surface area contributed by atoms with Crippen LogP contribution in [-0.2, 0) is 27.1 Å². The van der Waals surface area contributed by atoms with Gasteiger partial charge in [-0.05, 0) is 31.0 Å². The largest absolute Gasteiger partial charge is 0.377 e. The number of rotatable bonds is 8. The second-order valence-corrected chi connectivity index (χ2v) is 9.59. The number of ether oxygens (including phenoxy) is 1. The van der Waals surface area contributed by atoms with Crippen molar-refractivity contribution in [3.63, 3.8) is 0 Å². The van der Waals surface area contributed by atoms with Gasteiger partial charge in [-0.25, -0.2) is 8.51 Å². The Morgan fingerprint density at radius 1 is 1.03 bits per heavy atom. The minimum Gasteiger partial charge on any atom is -0.377 e. The molecule has 4 rings (SSSR count). The first kappa shape index (κ1) is 22.5. The summed E-state index contributed by atoms with van der Waals surface area (Å²) in [6, 6.07) is 19.9. The number of piperidine rings is 1. The van der Waals surface area contributed by atoms with Crippen LogP contribution in [0.4, 0.5) is 11.4 Å². The highest BCUT2D eigenvalue weighted by Gasteiger charge is 2.25. The molecule has 0 aromatic heterocycles. The summed E-state index contributed by atoms with van der Waals surface area (Å²) in [5.74, 6) is 0. The Balaban J connectivity index is 1.40. The van der Waals surface area contributed by atoms with Gasteiger partial charge in [-0.2, -0.15) is 0 Å². The van der Waals surface area contributed by atoms with Crippen molar-refractivity contribution in [1.29, 1.82) is 0 Å². The van der Waals surface area contributed by atoms with E-state index in [2.05, 4.69) is 28.4 Å². The zero-order valence-electron chi connectivity index (χ0n) is 18.5. The topological polar surface area (TPSA) is 61.9 Å². The quantitative estimate of drug-likeness (QED) is 0.522. The maximum Gasteiger partial charge on any atom is 0.211 e. The highest BCUT2D eigenvalue weighted by molar-refractivity contribution is 7.83. The molecule has 1 unspecified atom stereocenters. The van der Waals surface area contributed by atoms with Gasteiger partial charge in [-0.1, -0.05) is 42.5 Å². The Kier molecular flexibility index (Phi) is 7.19. The molecule has 1 heterocycles. The van der Waals surface area contributed by atoms with Gasteiger partial charge in [0.2, 0.25) is 6.41 Å². The summed E-state index contributed by atoms with van der Waals surface area (Å²) in [5, 5.41) is 4.87. The van der Waals surface area contributed by atoms with Gasteiger partial charge in [0.25, 0.3) is 0 Å². The summed E-state index contributed by atoms with van der Waals surface area (Å²) < 4.78 is 21.6. The highest BCUT2D eigenvalue weighted by atomic mass is 32.2. The van der Waals surface area contributed by atoms with Crippen LogP contribution in [-0.4, -0.2) is 48.2 Å². The number of hydrogen-bond donors (Lipinski definition) is 1. The standard InChI is InChI=1S/C25H29N3O3S/c1-27(2)24-11-5-9-22-21(24)8-6-12-25(22)32(30)28-15-13-20(14-16-28)31-17-19-7-3-4-10-23(19)26-18-29/h3-12,18,20H,13-17H2,1-2H3,(H,26,29). The Morgan fingerprint density at radius 3 is 2.50 bits per heavy atom. The van der Waals surface area contributed by atoms with E-state index in [1.807, 2.05) is 60.9 Å². The molecule has 32 heavy (non-hydrogen) atoms. The van der Waals surface area contributed by atoms with E-state index in [-0.39, 0.29) is 6.10 Å². The third-order valence-corrected chi connectivity index (χ3v) is 7.44. The molecule has 1 aliphatic rings. The third kappa shape index (κ3) is 4.85. The molecule has 0 saturated carbocycles. The van der Waals surface area contributed by atoms with Gasteiger partial charge < -0.3 is 15.0 Å². The predicted molar refractivity (Wildman–Crippen MR) is 130 cm³/mol. The molecule has 1 aliphatic heterocycles. The number of nitrogens with zero attached hydrogens (tertiary/aromatic N) is 2. The van der Waals surface area contributed by atoms with Crippen molar-refractivity contribution in [1.82, 2.24) is 4.31 Å². The first-order chi connectivity index (χ1) is 15.6. The zero-order valence-corrected chi connectivity index (χ0v) is 19.3. The van der Waals surface area contributed by atoms with Crippen molar-refractivity contribution >= 4 is 39.5 Å². The average Bonchev–Trinajstić information content (AvgIpc) is 2.82. The molecule has 3 aromatic rings. The molecule has 0 spiro atoms. The maximum absolute atomic E-state index is 13.4. The Morgan fingerprint density at radius 2 is 1.75 bits per heavy atom. The summed E-state index contributed by atoms with van der Waals surface area (Å²) in [4.78, 5) is 13.7. The first-order valence-corrected chi connectivity index (χ1v) is 11.9. The third-order valence-electron chi connectivity index (χ3n) is 5.87. The maximum atomic E-state index is 13.4. The fraction of sp³-hybridized carbons (Fsp3) is 0.320. The summed E-state index contributed by atoms with van der Waals surface area (Å²) in [7, 11) is 2.83. The van der Waals surface area contributed by atoms with Crippen LogP contribution in [0.3, 0.4) is 0 Å². The number of amides is 1. The molecule has 0 aliphatic carbocycles. The minimum atomic E-state index is -1.22. The van der Waals surface area contributed by atoms with E-state index in [4.69, 9.17) is 4.74 Å². The number of hydrogen-bond acceptors (Lipinski definition) is 4. The smallest absolute Gasteiger partial charge is 0.211 e. The molecule has 6 nitrogen and oxygen atoms in total. The Hall–Kier alpha value is -2.74.